The summed E-state index contributed by atoms with van der Waals surface area (Å²) in [5, 5.41) is 7.39. The Balaban J connectivity index is 1.01. The van der Waals surface area contributed by atoms with Crippen LogP contribution in [-0.2, 0) is 0 Å². The maximum Gasteiger partial charge on any atom is 0.137 e. The number of thiophene rings is 1. The monoisotopic (exact) mass is 719 g/mol. The Labute approximate surface area is 322 Å². The highest BCUT2D eigenvalue weighted by Gasteiger charge is 2.17. The molecule has 0 atom stereocenters. The number of para-hydroxylation sites is 1. The average molecular weight is 720 g/mol. The predicted molar refractivity (Wildman–Crippen MR) is 235 cm³/mol. The molecule has 258 valence electrons. The zero-order valence-electron chi connectivity index (χ0n) is 29.8. The summed E-state index contributed by atoms with van der Waals surface area (Å²) < 4.78 is 9.04. The van der Waals surface area contributed by atoms with Crippen molar-refractivity contribution in [2.45, 2.75) is 0 Å². The van der Waals surface area contributed by atoms with Crippen LogP contribution in [0.4, 0.5) is 17.1 Å². The van der Waals surface area contributed by atoms with Crippen LogP contribution in [0.2, 0.25) is 0 Å². The van der Waals surface area contributed by atoms with Crippen molar-refractivity contribution in [2.75, 3.05) is 4.90 Å². The summed E-state index contributed by atoms with van der Waals surface area (Å²) in [6.45, 7) is 0. The molecular formula is C52H33NOS. The van der Waals surface area contributed by atoms with Crippen LogP contribution in [-0.4, -0.2) is 0 Å². The van der Waals surface area contributed by atoms with E-state index in [1.165, 1.54) is 58.8 Å². The van der Waals surface area contributed by atoms with Gasteiger partial charge in [-0.3, -0.25) is 0 Å². The van der Waals surface area contributed by atoms with Gasteiger partial charge < -0.3 is 9.32 Å². The van der Waals surface area contributed by atoms with Gasteiger partial charge in [-0.15, -0.1) is 11.3 Å². The van der Waals surface area contributed by atoms with Crippen molar-refractivity contribution in [3.05, 3.63) is 200 Å². The van der Waals surface area contributed by atoms with Crippen LogP contribution in [0, 0.1) is 0 Å². The number of rotatable bonds is 6. The summed E-state index contributed by atoms with van der Waals surface area (Å²) in [6.07, 6.45) is 0. The highest BCUT2D eigenvalue weighted by molar-refractivity contribution is 7.25. The zero-order chi connectivity index (χ0) is 36.3. The summed E-state index contributed by atoms with van der Waals surface area (Å²) in [6, 6.07) is 72.3. The molecule has 0 saturated carbocycles. The van der Waals surface area contributed by atoms with Crippen molar-refractivity contribution in [1.82, 2.24) is 0 Å². The van der Waals surface area contributed by atoms with Gasteiger partial charge in [-0.2, -0.15) is 0 Å². The van der Waals surface area contributed by atoms with Crippen molar-refractivity contribution < 1.29 is 4.42 Å². The number of fused-ring (bicyclic) bond motifs is 7. The molecule has 0 N–H and O–H groups in total. The van der Waals surface area contributed by atoms with E-state index in [4.69, 9.17) is 4.42 Å². The molecule has 0 fully saturated rings. The van der Waals surface area contributed by atoms with Gasteiger partial charge >= 0.3 is 0 Å². The van der Waals surface area contributed by atoms with Gasteiger partial charge in [0.25, 0.3) is 0 Å². The minimum Gasteiger partial charge on any atom is -0.456 e. The van der Waals surface area contributed by atoms with Crippen LogP contribution in [0.25, 0.3) is 86.3 Å². The third-order valence-corrected chi connectivity index (χ3v) is 12.0. The highest BCUT2D eigenvalue weighted by atomic mass is 32.1. The van der Waals surface area contributed by atoms with E-state index in [9.17, 15) is 0 Å². The lowest BCUT2D eigenvalue weighted by Gasteiger charge is -2.26. The van der Waals surface area contributed by atoms with E-state index in [0.717, 1.165) is 44.6 Å². The Hall–Kier alpha value is -6.94. The van der Waals surface area contributed by atoms with Gasteiger partial charge in [0, 0.05) is 54.1 Å². The van der Waals surface area contributed by atoms with Crippen LogP contribution >= 0.6 is 11.3 Å². The van der Waals surface area contributed by atoms with E-state index in [0.29, 0.717) is 0 Å². The zero-order valence-corrected chi connectivity index (χ0v) is 30.6. The fourth-order valence-corrected chi connectivity index (χ4v) is 9.32. The molecular weight excluding hydrogens is 687 g/mol. The van der Waals surface area contributed by atoms with Crippen molar-refractivity contribution in [1.29, 1.82) is 0 Å². The van der Waals surface area contributed by atoms with Gasteiger partial charge in [0.2, 0.25) is 0 Å². The first-order valence-electron chi connectivity index (χ1n) is 18.7. The largest absolute Gasteiger partial charge is 0.456 e. The Morgan fingerprint density at radius 2 is 0.927 bits per heavy atom. The normalized spacial score (nSPS) is 11.6. The van der Waals surface area contributed by atoms with Crippen molar-refractivity contribution in [2.24, 2.45) is 0 Å². The van der Waals surface area contributed by atoms with Gasteiger partial charge in [-0.1, -0.05) is 133 Å². The molecule has 11 aromatic rings. The molecule has 0 unspecified atom stereocenters. The second-order valence-corrected chi connectivity index (χ2v) is 15.2. The minimum absolute atomic E-state index is 0.871. The van der Waals surface area contributed by atoms with Gasteiger partial charge in [0.05, 0.1) is 0 Å². The second-order valence-electron chi connectivity index (χ2n) is 14.1. The minimum atomic E-state index is 0.871. The lowest BCUT2D eigenvalue weighted by Crippen LogP contribution is -2.10. The van der Waals surface area contributed by atoms with E-state index in [2.05, 4.69) is 193 Å². The SMILES string of the molecule is c1cc(-c2cccc(N(c3ccc(-c4ccc5c(c4)sc4ccccc45)cc3)c3ccc4c(c3)oc3ccccc34)c2)cc(-c2cccc3ccccc23)c1. The lowest BCUT2D eigenvalue weighted by atomic mass is 9.95. The van der Waals surface area contributed by atoms with E-state index < -0.39 is 0 Å². The summed E-state index contributed by atoms with van der Waals surface area (Å²) in [5.74, 6) is 0. The molecule has 0 aliphatic heterocycles. The van der Waals surface area contributed by atoms with Gasteiger partial charge in [0.1, 0.15) is 11.2 Å². The quantitative estimate of drug-likeness (QED) is 0.170. The smallest absolute Gasteiger partial charge is 0.137 e. The number of furan rings is 1. The van der Waals surface area contributed by atoms with E-state index in [1.54, 1.807) is 0 Å². The van der Waals surface area contributed by atoms with Crippen molar-refractivity contribution >= 4 is 81.3 Å². The fourth-order valence-electron chi connectivity index (χ4n) is 8.18. The first-order chi connectivity index (χ1) is 27.2. The summed E-state index contributed by atoms with van der Waals surface area (Å²) in [4.78, 5) is 2.34. The third-order valence-electron chi connectivity index (χ3n) is 10.9. The van der Waals surface area contributed by atoms with Crippen LogP contribution in [0.5, 0.6) is 0 Å². The molecule has 3 heteroatoms. The summed E-state index contributed by atoms with van der Waals surface area (Å²) >= 11 is 1.86. The summed E-state index contributed by atoms with van der Waals surface area (Å²) in [5.41, 5.74) is 12.1. The fraction of sp³-hybridized carbons (Fsp3) is 0. The molecule has 0 radical (unpaired) electrons. The molecule has 2 heterocycles. The standard InChI is InChI=1S/C52H33NOS/c1-2-16-43-35(10-1)11-9-19-44(43)39-14-7-12-36(30-39)37-13-8-15-41(31-37)53(42-27-29-46-45-17-3-5-20-49(45)54-50(46)33-42)40-25-22-34(23-26-40)38-24-28-48-47-18-4-6-21-51(47)55-52(48)32-38/h1-33H. The van der Waals surface area contributed by atoms with Crippen LogP contribution in [0.3, 0.4) is 0 Å². The highest BCUT2D eigenvalue weighted by Crippen LogP contribution is 2.42. The Kier molecular flexibility index (Phi) is 7.39. The molecule has 0 aliphatic rings. The van der Waals surface area contributed by atoms with Gasteiger partial charge in [-0.05, 0) is 105 Å². The Morgan fingerprint density at radius 3 is 1.84 bits per heavy atom. The molecule has 2 nitrogen and oxygen atoms in total. The molecule has 55 heavy (non-hydrogen) atoms. The van der Waals surface area contributed by atoms with E-state index in [-0.39, 0.29) is 0 Å². The topological polar surface area (TPSA) is 16.4 Å². The summed E-state index contributed by atoms with van der Waals surface area (Å²) in [7, 11) is 0. The molecule has 2 aromatic heterocycles. The average Bonchev–Trinajstić information content (AvgIpc) is 3.82. The van der Waals surface area contributed by atoms with E-state index in [1.807, 2.05) is 23.5 Å². The number of anilines is 3. The number of hydrogen-bond donors (Lipinski definition) is 0. The third kappa shape index (κ3) is 5.48. The van der Waals surface area contributed by atoms with Gasteiger partial charge in [0.15, 0.2) is 0 Å². The predicted octanol–water partition coefficient (Wildman–Crippen LogP) is 15.6. The maximum absolute atomic E-state index is 6.40. The molecule has 0 amide bonds. The molecule has 0 spiro atoms. The number of benzene rings is 9. The molecule has 0 saturated heterocycles. The molecule has 0 aliphatic carbocycles. The van der Waals surface area contributed by atoms with Crippen LogP contribution in [0.15, 0.2) is 205 Å². The van der Waals surface area contributed by atoms with Gasteiger partial charge in [-0.25, -0.2) is 0 Å². The number of hydrogen-bond acceptors (Lipinski definition) is 3. The molecule has 0 bridgehead atoms. The van der Waals surface area contributed by atoms with Crippen LogP contribution in [0.1, 0.15) is 0 Å². The first-order valence-corrected chi connectivity index (χ1v) is 19.5. The maximum atomic E-state index is 6.40. The Morgan fingerprint density at radius 1 is 0.327 bits per heavy atom. The van der Waals surface area contributed by atoms with Crippen LogP contribution < -0.4 is 4.90 Å². The Bertz CT molecular complexity index is 3220. The molecule has 9 aromatic carbocycles. The number of nitrogens with zero attached hydrogens (tertiary/aromatic N) is 1. The molecule has 11 rings (SSSR count). The van der Waals surface area contributed by atoms with Crippen molar-refractivity contribution in [3.63, 3.8) is 0 Å². The van der Waals surface area contributed by atoms with E-state index >= 15 is 0 Å². The van der Waals surface area contributed by atoms with Crippen molar-refractivity contribution in [3.8, 4) is 33.4 Å². The first kappa shape index (κ1) is 31.6. The lowest BCUT2D eigenvalue weighted by molar-refractivity contribution is 0.669. The second kappa shape index (κ2) is 12.9.